The molecule has 6 heteroatoms. The fraction of sp³-hybridized carbons (Fsp3) is 0.647. The molecule has 1 aromatic rings. The number of halogens is 1. The fourth-order valence-electron chi connectivity index (χ4n) is 2.80. The maximum Gasteiger partial charge on any atom is 0.193 e. The molecule has 1 N–H and O–H groups in total. The lowest BCUT2D eigenvalue weighted by Crippen LogP contribution is -2.46. The van der Waals surface area contributed by atoms with E-state index in [1.807, 2.05) is 31.4 Å². The van der Waals surface area contributed by atoms with Crippen LogP contribution in [-0.2, 0) is 11.3 Å². The van der Waals surface area contributed by atoms with Crippen molar-refractivity contribution >= 4 is 29.9 Å². The number of pyridine rings is 1. The third-order valence-corrected chi connectivity index (χ3v) is 4.37. The summed E-state index contributed by atoms with van der Waals surface area (Å²) in [5.41, 5.74) is 1.03. The van der Waals surface area contributed by atoms with Gasteiger partial charge in [-0.15, -0.1) is 24.0 Å². The topological polar surface area (TPSA) is 49.8 Å². The normalized spacial score (nSPS) is 19.3. The Balaban J connectivity index is 0.00000192. The van der Waals surface area contributed by atoms with Crippen LogP contribution in [0, 0.1) is 5.92 Å². The average Bonchev–Trinajstić information content (AvgIpc) is 3.40. The Bertz CT molecular complexity index is 485. The van der Waals surface area contributed by atoms with E-state index >= 15 is 0 Å². The van der Waals surface area contributed by atoms with E-state index in [4.69, 9.17) is 4.74 Å². The van der Waals surface area contributed by atoms with Crippen molar-refractivity contribution in [3.8, 4) is 0 Å². The number of ether oxygens (including phenoxy) is 1. The van der Waals surface area contributed by atoms with Crippen molar-refractivity contribution in [1.29, 1.82) is 0 Å². The van der Waals surface area contributed by atoms with Crippen molar-refractivity contribution in [1.82, 2.24) is 15.2 Å². The van der Waals surface area contributed by atoms with Gasteiger partial charge >= 0.3 is 0 Å². The summed E-state index contributed by atoms with van der Waals surface area (Å²) in [4.78, 5) is 11.1. The standard InChI is InChI=1S/C17H26N4O.HI/c1-18-17(20-12-15-4-2-3-9-19-15)21-10-7-16(8-11-21)22-13-14-5-6-14;/h2-4,9,14,16H,5-8,10-13H2,1H3,(H,18,20);1H. The molecular formula is C17H27IN4O. The number of rotatable bonds is 5. The van der Waals surface area contributed by atoms with Gasteiger partial charge in [0.05, 0.1) is 18.3 Å². The molecule has 0 aromatic carbocycles. The first-order chi connectivity index (χ1) is 10.8. The molecule has 1 saturated heterocycles. The van der Waals surface area contributed by atoms with Gasteiger partial charge in [-0.05, 0) is 43.7 Å². The summed E-state index contributed by atoms with van der Waals surface area (Å²) >= 11 is 0. The smallest absolute Gasteiger partial charge is 0.193 e. The minimum absolute atomic E-state index is 0. The zero-order valence-electron chi connectivity index (χ0n) is 13.8. The van der Waals surface area contributed by atoms with E-state index < -0.39 is 0 Å². The second-order valence-corrected chi connectivity index (χ2v) is 6.18. The Morgan fingerprint density at radius 1 is 1.30 bits per heavy atom. The van der Waals surface area contributed by atoms with Gasteiger partial charge in [-0.3, -0.25) is 9.98 Å². The molecule has 3 rings (SSSR count). The summed E-state index contributed by atoms with van der Waals surface area (Å²) in [6, 6.07) is 5.97. The molecule has 2 heterocycles. The average molecular weight is 430 g/mol. The van der Waals surface area contributed by atoms with Gasteiger partial charge in [0.25, 0.3) is 0 Å². The highest BCUT2D eigenvalue weighted by molar-refractivity contribution is 14.0. The second-order valence-electron chi connectivity index (χ2n) is 6.18. The molecule has 1 aromatic heterocycles. The molecule has 0 unspecified atom stereocenters. The lowest BCUT2D eigenvalue weighted by atomic mass is 10.1. The third kappa shape index (κ3) is 5.91. The van der Waals surface area contributed by atoms with Crippen LogP contribution in [0.15, 0.2) is 29.4 Å². The van der Waals surface area contributed by atoms with Gasteiger partial charge in [0.1, 0.15) is 0 Å². The van der Waals surface area contributed by atoms with E-state index in [0.29, 0.717) is 12.6 Å². The zero-order valence-corrected chi connectivity index (χ0v) is 16.1. The monoisotopic (exact) mass is 430 g/mol. The Labute approximate surface area is 155 Å². The fourth-order valence-corrected chi connectivity index (χ4v) is 2.80. The van der Waals surface area contributed by atoms with Gasteiger partial charge in [0.15, 0.2) is 5.96 Å². The summed E-state index contributed by atoms with van der Waals surface area (Å²) in [5, 5.41) is 3.40. The molecule has 0 amide bonds. The molecule has 0 radical (unpaired) electrons. The van der Waals surface area contributed by atoms with Gasteiger partial charge in [0.2, 0.25) is 0 Å². The molecule has 2 fully saturated rings. The number of guanidine groups is 1. The highest BCUT2D eigenvalue weighted by Gasteiger charge is 2.26. The molecular weight excluding hydrogens is 403 g/mol. The Morgan fingerprint density at radius 2 is 2.09 bits per heavy atom. The van der Waals surface area contributed by atoms with Gasteiger partial charge in [-0.25, -0.2) is 0 Å². The van der Waals surface area contributed by atoms with Gasteiger partial charge in [0, 0.05) is 32.9 Å². The third-order valence-electron chi connectivity index (χ3n) is 4.37. The van der Waals surface area contributed by atoms with Crippen molar-refractivity contribution in [2.45, 2.75) is 38.3 Å². The number of piperidine rings is 1. The molecule has 1 aliphatic carbocycles. The number of nitrogens with one attached hydrogen (secondary N) is 1. The van der Waals surface area contributed by atoms with Crippen LogP contribution < -0.4 is 5.32 Å². The minimum Gasteiger partial charge on any atom is -0.378 e. The predicted octanol–water partition coefficient (Wildman–Crippen LogP) is 2.67. The first-order valence-corrected chi connectivity index (χ1v) is 8.32. The number of aliphatic imine (C=N–C) groups is 1. The van der Waals surface area contributed by atoms with E-state index in [2.05, 4.69) is 20.2 Å². The zero-order chi connectivity index (χ0) is 15.2. The van der Waals surface area contributed by atoms with Crippen LogP contribution in [0.1, 0.15) is 31.4 Å². The summed E-state index contributed by atoms with van der Waals surface area (Å²) in [6.07, 6.45) is 7.17. The van der Waals surface area contributed by atoms with Crippen LogP contribution in [0.25, 0.3) is 0 Å². The maximum absolute atomic E-state index is 6.00. The van der Waals surface area contributed by atoms with Crippen LogP contribution in [0.5, 0.6) is 0 Å². The quantitative estimate of drug-likeness (QED) is 0.444. The van der Waals surface area contributed by atoms with Gasteiger partial charge in [-0.1, -0.05) is 6.07 Å². The van der Waals surface area contributed by atoms with Gasteiger partial charge in [-0.2, -0.15) is 0 Å². The van der Waals surface area contributed by atoms with Crippen molar-refractivity contribution in [2.75, 3.05) is 26.7 Å². The minimum atomic E-state index is 0. The summed E-state index contributed by atoms with van der Waals surface area (Å²) in [7, 11) is 1.84. The number of hydrogen-bond donors (Lipinski definition) is 1. The molecule has 23 heavy (non-hydrogen) atoms. The van der Waals surface area contributed by atoms with Crippen LogP contribution in [0.2, 0.25) is 0 Å². The molecule has 5 nitrogen and oxygen atoms in total. The number of hydrogen-bond acceptors (Lipinski definition) is 3. The second kappa shape index (κ2) is 9.42. The van der Waals surface area contributed by atoms with E-state index in [1.54, 1.807) is 0 Å². The molecule has 2 aliphatic rings. The van der Waals surface area contributed by atoms with E-state index in [-0.39, 0.29) is 24.0 Å². The Kier molecular flexibility index (Phi) is 7.55. The van der Waals surface area contributed by atoms with Crippen LogP contribution >= 0.6 is 24.0 Å². The largest absolute Gasteiger partial charge is 0.378 e. The van der Waals surface area contributed by atoms with Crippen molar-refractivity contribution < 1.29 is 4.74 Å². The van der Waals surface area contributed by atoms with Crippen LogP contribution in [0.4, 0.5) is 0 Å². The highest BCUT2D eigenvalue weighted by Crippen LogP contribution is 2.30. The molecule has 0 spiro atoms. The predicted molar refractivity (Wildman–Crippen MR) is 103 cm³/mol. The van der Waals surface area contributed by atoms with Crippen molar-refractivity contribution in [2.24, 2.45) is 10.9 Å². The summed E-state index contributed by atoms with van der Waals surface area (Å²) < 4.78 is 6.00. The molecule has 0 bridgehead atoms. The molecule has 1 saturated carbocycles. The number of nitrogens with zero attached hydrogens (tertiary/aromatic N) is 3. The molecule has 0 atom stereocenters. The van der Waals surface area contributed by atoms with Gasteiger partial charge < -0.3 is 15.0 Å². The molecule has 1 aliphatic heterocycles. The first-order valence-electron chi connectivity index (χ1n) is 8.32. The Hall–Kier alpha value is -0.890. The maximum atomic E-state index is 6.00. The lowest BCUT2D eigenvalue weighted by Gasteiger charge is -2.34. The van der Waals surface area contributed by atoms with E-state index in [1.165, 1.54) is 12.8 Å². The Morgan fingerprint density at radius 3 is 2.70 bits per heavy atom. The highest BCUT2D eigenvalue weighted by atomic mass is 127. The van der Waals surface area contributed by atoms with Crippen LogP contribution in [-0.4, -0.2) is 48.7 Å². The lowest BCUT2D eigenvalue weighted by molar-refractivity contribution is 0.0131. The first kappa shape index (κ1) is 18.4. The SMILES string of the molecule is CN=C(NCc1ccccn1)N1CCC(OCC2CC2)CC1.I. The number of likely N-dealkylation sites (tertiary alicyclic amines) is 1. The van der Waals surface area contributed by atoms with E-state index in [0.717, 1.165) is 50.1 Å². The summed E-state index contributed by atoms with van der Waals surface area (Å²) in [5.74, 6) is 1.82. The van der Waals surface area contributed by atoms with Crippen LogP contribution in [0.3, 0.4) is 0 Å². The summed E-state index contributed by atoms with van der Waals surface area (Å²) in [6.45, 7) is 3.71. The van der Waals surface area contributed by atoms with Crippen molar-refractivity contribution in [3.63, 3.8) is 0 Å². The van der Waals surface area contributed by atoms with Crippen molar-refractivity contribution in [3.05, 3.63) is 30.1 Å². The molecule has 128 valence electrons. The van der Waals surface area contributed by atoms with E-state index in [9.17, 15) is 0 Å². The number of aromatic nitrogens is 1.